The maximum absolute atomic E-state index is 13.6. The minimum atomic E-state index is -3.80. The molecule has 0 bridgehead atoms. The predicted molar refractivity (Wildman–Crippen MR) is 135 cm³/mol. The van der Waals surface area contributed by atoms with E-state index in [0.29, 0.717) is 42.6 Å². The highest BCUT2D eigenvalue weighted by Gasteiger charge is 2.32. The van der Waals surface area contributed by atoms with Gasteiger partial charge in [0.1, 0.15) is 16.3 Å². The number of carbonyl (C=O) groups is 1. The molecular formula is C26H29FN4O4S. The fraction of sp³-hybridized carbons (Fsp3) is 0.385. The van der Waals surface area contributed by atoms with Gasteiger partial charge in [-0.3, -0.25) is 4.98 Å². The second kappa shape index (κ2) is 9.01. The lowest BCUT2D eigenvalue weighted by atomic mass is 10.1. The van der Waals surface area contributed by atoms with Gasteiger partial charge in [0.2, 0.25) is 10.0 Å². The number of benzene rings is 2. The number of rotatable bonds is 3. The number of carbonyl (C=O) groups excluding carboxylic acids is 1. The first-order valence-corrected chi connectivity index (χ1v) is 13.3. The summed E-state index contributed by atoms with van der Waals surface area (Å²) in [5.41, 5.74) is 2.54. The summed E-state index contributed by atoms with van der Waals surface area (Å²) in [5.74, 6) is -0.375. The molecule has 190 valence electrons. The number of para-hydroxylation sites is 1. The molecule has 1 saturated heterocycles. The smallest absolute Gasteiger partial charge is 0.410 e. The van der Waals surface area contributed by atoms with Crippen LogP contribution < -0.4 is 4.90 Å². The van der Waals surface area contributed by atoms with Crippen LogP contribution in [0.4, 0.5) is 14.9 Å². The van der Waals surface area contributed by atoms with Crippen LogP contribution in [0.1, 0.15) is 31.9 Å². The Morgan fingerprint density at radius 3 is 2.44 bits per heavy atom. The number of sulfonamides is 1. The van der Waals surface area contributed by atoms with Crippen molar-refractivity contribution >= 4 is 32.7 Å². The fourth-order valence-electron chi connectivity index (χ4n) is 4.63. The van der Waals surface area contributed by atoms with Crippen LogP contribution in [0, 0.1) is 5.82 Å². The van der Waals surface area contributed by atoms with Gasteiger partial charge in [0, 0.05) is 50.9 Å². The molecular weight excluding hydrogens is 483 g/mol. The third kappa shape index (κ3) is 4.75. The Morgan fingerprint density at radius 2 is 1.72 bits per heavy atom. The highest BCUT2D eigenvalue weighted by atomic mass is 32.2. The predicted octanol–water partition coefficient (Wildman–Crippen LogP) is 4.14. The van der Waals surface area contributed by atoms with E-state index in [0.717, 1.165) is 11.3 Å². The molecule has 0 radical (unpaired) electrons. The molecule has 2 aliphatic heterocycles. The zero-order valence-corrected chi connectivity index (χ0v) is 21.4. The minimum Gasteiger partial charge on any atom is -0.444 e. The first-order chi connectivity index (χ1) is 17.0. The molecule has 3 aromatic rings. The molecule has 36 heavy (non-hydrogen) atoms. The summed E-state index contributed by atoms with van der Waals surface area (Å²) in [5, 5.41) is 0.714. The van der Waals surface area contributed by atoms with Crippen LogP contribution >= 0.6 is 0 Å². The molecule has 0 unspecified atom stereocenters. The molecule has 0 saturated carbocycles. The lowest BCUT2D eigenvalue weighted by Gasteiger charge is -2.37. The Morgan fingerprint density at radius 1 is 1.00 bits per heavy atom. The second-order valence-corrected chi connectivity index (χ2v) is 12.1. The van der Waals surface area contributed by atoms with Crippen LogP contribution in [0.2, 0.25) is 0 Å². The van der Waals surface area contributed by atoms with Crippen molar-refractivity contribution in [1.29, 1.82) is 0 Å². The third-order valence-electron chi connectivity index (χ3n) is 6.44. The summed E-state index contributed by atoms with van der Waals surface area (Å²) in [6, 6.07) is 11.7. The van der Waals surface area contributed by atoms with Crippen LogP contribution in [-0.4, -0.2) is 60.5 Å². The second-order valence-electron chi connectivity index (χ2n) is 10.2. The van der Waals surface area contributed by atoms with Crippen molar-refractivity contribution in [1.82, 2.24) is 14.2 Å². The molecule has 1 aromatic heterocycles. The zero-order chi connectivity index (χ0) is 25.7. The average molecular weight is 513 g/mol. The van der Waals surface area contributed by atoms with Crippen LogP contribution in [0.5, 0.6) is 0 Å². The molecule has 0 atom stereocenters. The summed E-state index contributed by atoms with van der Waals surface area (Å²) in [6.07, 6.45) is 1.07. The highest BCUT2D eigenvalue weighted by Crippen LogP contribution is 2.32. The van der Waals surface area contributed by atoms with E-state index >= 15 is 0 Å². The van der Waals surface area contributed by atoms with Gasteiger partial charge in [0.15, 0.2) is 0 Å². The van der Waals surface area contributed by atoms with E-state index in [1.807, 2.05) is 39.0 Å². The SMILES string of the molecule is CC(C)(C)OC(=O)N1CCN(c2cccc3cc(S(=O)(=O)N4Cc5ccc(F)cc5C4)cnc23)CC1. The fourth-order valence-corrected chi connectivity index (χ4v) is 6.01. The monoisotopic (exact) mass is 512 g/mol. The van der Waals surface area contributed by atoms with E-state index in [9.17, 15) is 17.6 Å². The molecule has 2 aromatic carbocycles. The van der Waals surface area contributed by atoms with Gasteiger partial charge in [-0.15, -0.1) is 0 Å². The average Bonchev–Trinajstić information content (AvgIpc) is 3.26. The Balaban J connectivity index is 1.34. The summed E-state index contributed by atoms with van der Waals surface area (Å²) >= 11 is 0. The molecule has 0 spiro atoms. The summed E-state index contributed by atoms with van der Waals surface area (Å²) in [4.78, 5) is 20.9. The van der Waals surface area contributed by atoms with Gasteiger partial charge in [-0.05, 0) is 56.2 Å². The van der Waals surface area contributed by atoms with Gasteiger partial charge in [0.25, 0.3) is 0 Å². The van der Waals surface area contributed by atoms with Gasteiger partial charge < -0.3 is 14.5 Å². The van der Waals surface area contributed by atoms with E-state index in [-0.39, 0.29) is 29.9 Å². The van der Waals surface area contributed by atoms with E-state index in [1.165, 1.54) is 22.6 Å². The quantitative estimate of drug-likeness (QED) is 0.525. The number of pyridine rings is 1. The molecule has 2 aliphatic rings. The number of ether oxygens (including phenoxy) is 1. The van der Waals surface area contributed by atoms with Crippen molar-refractivity contribution in [3.63, 3.8) is 0 Å². The van der Waals surface area contributed by atoms with Gasteiger partial charge >= 0.3 is 6.09 Å². The maximum atomic E-state index is 13.6. The molecule has 0 aliphatic carbocycles. The summed E-state index contributed by atoms with van der Waals surface area (Å²) in [6.45, 7) is 8.15. The molecule has 1 fully saturated rings. The van der Waals surface area contributed by atoms with Crippen LogP contribution in [0.15, 0.2) is 53.6 Å². The normalized spacial score (nSPS) is 16.9. The van der Waals surface area contributed by atoms with Crippen molar-refractivity contribution in [3.05, 3.63) is 65.6 Å². The van der Waals surface area contributed by atoms with Crippen molar-refractivity contribution in [3.8, 4) is 0 Å². The Kier molecular flexibility index (Phi) is 6.12. The largest absolute Gasteiger partial charge is 0.444 e. The molecule has 8 nitrogen and oxygen atoms in total. The molecule has 1 amide bonds. The Labute approximate surface area is 210 Å². The standard InChI is InChI=1S/C26H29FN4O4S/c1-26(2,3)35-25(32)30-11-9-29(10-12-30)23-6-4-5-18-14-22(15-28-24(18)23)36(33,34)31-16-19-7-8-21(27)13-20(19)17-31/h4-8,13-15H,9-12,16-17H2,1-3H3. The van der Waals surface area contributed by atoms with Crippen molar-refractivity contribution in [2.75, 3.05) is 31.1 Å². The molecule has 3 heterocycles. The lowest BCUT2D eigenvalue weighted by molar-refractivity contribution is 0.0240. The number of hydrogen-bond acceptors (Lipinski definition) is 6. The van der Waals surface area contributed by atoms with Crippen molar-refractivity contribution in [2.45, 2.75) is 44.4 Å². The summed E-state index contributed by atoms with van der Waals surface area (Å²) < 4.78 is 47.1. The molecule has 0 N–H and O–H groups in total. The third-order valence-corrected chi connectivity index (χ3v) is 8.19. The highest BCUT2D eigenvalue weighted by molar-refractivity contribution is 7.89. The molecule has 10 heteroatoms. The first-order valence-electron chi connectivity index (χ1n) is 11.9. The van der Waals surface area contributed by atoms with Crippen LogP contribution in [-0.2, 0) is 27.8 Å². The minimum absolute atomic E-state index is 0.107. The van der Waals surface area contributed by atoms with Gasteiger partial charge in [-0.25, -0.2) is 17.6 Å². The first kappa shape index (κ1) is 24.5. The number of anilines is 1. The van der Waals surface area contributed by atoms with Crippen molar-refractivity contribution in [2.24, 2.45) is 0 Å². The molecule has 5 rings (SSSR count). The number of halogens is 1. The van der Waals surface area contributed by atoms with Crippen molar-refractivity contribution < 1.29 is 22.3 Å². The maximum Gasteiger partial charge on any atom is 0.410 e. The number of piperazine rings is 1. The number of hydrogen-bond donors (Lipinski definition) is 0. The van der Waals surface area contributed by atoms with E-state index < -0.39 is 15.6 Å². The zero-order valence-electron chi connectivity index (χ0n) is 20.6. The van der Waals surface area contributed by atoms with Crippen LogP contribution in [0.3, 0.4) is 0 Å². The lowest BCUT2D eigenvalue weighted by Crippen LogP contribution is -2.50. The number of fused-ring (bicyclic) bond motifs is 2. The topological polar surface area (TPSA) is 83.0 Å². The Bertz CT molecular complexity index is 1430. The van der Waals surface area contributed by atoms with Gasteiger partial charge in [-0.1, -0.05) is 18.2 Å². The van der Waals surface area contributed by atoms with E-state index in [4.69, 9.17) is 4.74 Å². The van der Waals surface area contributed by atoms with Crippen LogP contribution in [0.25, 0.3) is 10.9 Å². The number of amides is 1. The van der Waals surface area contributed by atoms with E-state index in [2.05, 4.69) is 9.88 Å². The van der Waals surface area contributed by atoms with E-state index in [1.54, 1.807) is 17.0 Å². The number of aromatic nitrogens is 1. The number of nitrogens with zero attached hydrogens (tertiary/aromatic N) is 4. The van der Waals surface area contributed by atoms with Gasteiger partial charge in [0.05, 0.1) is 11.2 Å². The van der Waals surface area contributed by atoms with Gasteiger partial charge in [-0.2, -0.15) is 4.31 Å². The Hall–Kier alpha value is -3.24. The summed E-state index contributed by atoms with van der Waals surface area (Å²) in [7, 11) is -3.80.